The van der Waals surface area contributed by atoms with E-state index >= 15 is 0 Å². The molecule has 0 saturated heterocycles. The molecule has 96 valence electrons. The number of hydrogen-bond donors (Lipinski definition) is 2. The summed E-state index contributed by atoms with van der Waals surface area (Å²) in [6.07, 6.45) is 1.34. The monoisotopic (exact) mass is 266 g/mol. The molecule has 1 aromatic carbocycles. The van der Waals surface area contributed by atoms with Gasteiger partial charge in [0, 0.05) is 0 Å². The molecule has 0 bridgehead atoms. The van der Waals surface area contributed by atoms with E-state index in [0.717, 1.165) is 0 Å². The van der Waals surface area contributed by atoms with Crippen molar-refractivity contribution in [1.82, 2.24) is 19.9 Å². The molecule has 1 heterocycles. The second kappa shape index (κ2) is 4.87. The lowest BCUT2D eigenvalue weighted by Gasteiger charge is -2.13. The number of hydrogen-bond acceptors (Lipinski definition) is 4. The van der Waals surface area contributed by atoms with Crippen molar-refractivity contribution >= 4 is 10.0 Å². The fourth-order valence-electron chi connectivity index (χ4n) is 1.63. The fraction of sp³-hybridized carbons (Fsp3) is 0.273. The first-order valence-corrected chi connectivity index (χ1v) is 6.92. The lowest BCUT2D eigenvalue weighted by Crippen LogP contribution is -2.28. The number of aromatic amines is 1. The summed E-state index contributed by atoms with van der Waals surface area (Å²) in [5.41, 5.74) is 0.703. The Balaban J connectivity index is 2.26. The highest BCUT2D eigenvalue weighted by atomic mass is 32.2. The summed E-state index contributed by atoms with van der Waals surface area (Å²) in [7, 11) is -3.55. The van der Waals surface area contributed by atoms with Crippen LogP contribution >= 0.6 is 0 Å². The Bertz CT molecular complexity index is 622. The molecule has 6 nitrogen and oxygen atoms in total. The van der Waals surface area contributed by atoms with Gasteiger partial charge in [-0.05, 0) is 25.5 Å². The number of nitrogens with one attached hydrogen (secondary N) is 2. The second-order valence-electron chi connectivity index (χ2n) is 3.98. The van der Waals surface area contributed by atoms with E-state index in [0.29, 0.717) is 11.4 Å². The van der Waals surface area contributed by atoms with E-state index in [9.17, 15) is 8.42 Å². The first-order chi connectivity index (χ1) is 8.50. The van der Waals surface area contributed by atoms with Gasteiger partial charge in [-0.2, -0.15) is 5.10 Å². The molecule has 0 amide bonds. The van der Waals surface area contributed by atoms with Crippen LogP contribution in [0.4, 0.5) is 0 Å². The molecule has 0 radical (unpaired) electrons. The van der Waals surface area contributed by atoms with Gasteiger partial charge in [0.15, 0.2) is 0 Å². The number of aryl methyl sites for hydroxylation is 1. The van der Waals surface area contributed by atoms with Gasteiger partial charge in [0.1, 0.15) is 12.2 Å². The molecule has 1 unspecified atom stereocenters. The summed E-state index contributed by atoms with van der Waals surface area (Å²) < 4.78 is 26.9. The third kappa shape index (κ3) is 2.57. The van der Waals surface area contributed by atoms with Crippen LogP contribution in [0.5, 0.6) is 0 Å². The lowest BCUT2D eigenvalue weighted by molar-refractivity contribution is 0.559. The van der Waals surface area contributed by atoms with E-state index in [4.69, 9.17) is 0 Å². The van der Waals surface area contributed by atoms with Crippen LogP contribution in [-0.4, -0.2) is 23.6 Å². The van der Waals surface area contributed by atoms with Gasteiger partial charge in [-0.15, -0.1) is 0 Å². The van der Waals surface area contributed by atoms with E-state index in [1.807, 2.05) is 0 Å². The van der Waals surface area contributed by atoms with Gasteiger partial charge in [-0.1, -0.05) is 18.2 Å². The lowest BCUT2D eigenvalue weighted by atomic mass is 10.2. The molecular formula is C11H14N4O2S. The zero-order valence-corrected chi connectivity index (χ0v) is 10.9. The second-order valence-corrected chi connectivity index (χ2v) is 5.66. The molecule has 0 aliphatic carbocycles. The van der Waals surface area contributed by atoms with Crippen molar-refractivity contribution < 1.29 is 8.42 Å². The van der Waals surface area contributed by atoms with Gasteiger partial charge in [0.05, 0.1) is 10.9 Å². The molecule has 0 aliphatic rings. The average molecular weight is 266 g/mol. The Kier molecular flexibility index (Phi) is 3.44. The topological polar surface area (TPSA) is 87.7 Å². The summed E-state index contributed by atoms with van der Waals surface area (Å²) in [4.78, 5) is 4.20. The largest absolute Gasteiger partial charge is 0.262 e. The third-order valence-corrected chi connectivity index (χ3v) is 4.26. The summed E-state index contributed by atoms with van der Waals surface area (Å²) in [6.45, 7) is 3.46. The van der Waals surface area contributed by atoms with E-state index in [-0.39, 0.29) is 4.90 Å². The van der Waals surface area contributed by atoms with Crippen molar-refractivity contribution in [3.05, 3.63) is 42.0 Å². The Labute approximate surface area is 106 Å². The maximum absolute atomic E-state index is 12.2. The van der Waals surface area contributed by atoms with Gasteiger partial charge in [0.2, 0.25) is 10.0 Å². The summed E-state index contributed by atoms with van der Waals surface area (Å²) in [5, 5.41) is 6.33. The molecule has 7 heteroatoms. The van der Waals surface area contributed by atoms with Gasteiger partial charge >= 0.3 is 0 Å². The van der Waals surface area contributed by atoms with Crippen LogP contribution in [0.2, 0.25) is 0 Å². The summed E-state index contributed by atoms with van der Waals surface area (Å²) in [5.74, 6) is 0.479. The number of nitrogens with zero attached hydrogens (tertiary/aromatic N) is 2. The minimum absolute atomic E-state index is 0.274. The summed E-state index contributed by atoms with van der Waals surface area (Å²) in [6, 6.07) is 6.37. The number of rotatable bonds is 4. The number of sulfonamides is 1. The van der Waals surface area contributed by atoms with Crippen molar-refractivity contribution in [2.45, 2.75) is 24.8 Å². The Morgan fingerprint density at radius 3 is 2.67 bits per heavy atom. The zero-order valence-electron chi connectivity index (χ0n) is 10.1. The minimum atomic E-state index is -3.55. The van der Waals surface area contributed by atoms with Crippen molar-refractivity contribution in [3.63, 3.8) is 0 Å². The quantitative estimate of drug-likeness (QED) is 0.869. The highest BCUT2D eigenvalue weighted by Gasteiger charge is 2.21. The first kappa shape index (κ1) is 12.7. The van der Waals surface area contributed by atoms with E-state index < -0.39 is 16.1 Å². The molecular weight excluding hydrogens is 252 g/mol. The molecule has 2 rings (SSSR count). The predicted molar refractivity (Wildman–Crippen MR) is 66.3 cm³/mol. The van der Waals surface area contributed by atoms with Crippen LogP contribution in [-0.2, 0) is 10.0 Å². The highest BCUT2D eigenvalue weighted by Crippen LogP contribution is 2.17. The van der Waals surface area contributed by atoms with Gasteiger partial charge in [-0.25, -0.2) is 18.1 Å². The molecule has 0 aliphatic heterocycles. The maximum atomic E-state index is 12.2. The van der Waals surface area contributed by atoms with E-state index in [1.54, 1.807) is 38.1 Å². The molecule has 1 atom stereocenters. The molecule has 0 spiro atoms. The molecule has 1 aromatic heterocycles. The average Bonchev–Trinajstić information content (AvgIpc) is 2.82. The van der Waals surface area contributed by atoms with Gasteiger partial charge in [-0.3, -0.25) is 5.10 Å². The number of H-pyrrole nitrogens is 1. The van der Waals surface area contributed by atoms with E-state index in [1.165, 1.54) is 6.33 Å². The summed E-state index contributed by atoms with van der Waals surface area (Å²) >= 11 is 0. The number of aromatic nitrogens is 3. The Morgan fingerprint density at radius 1 is 1.33 bits per heavy atom. The molecule has 0 fully saturated rings. The minimum Gasteiger partial charge on any atom is -0.262 e. The first-order valence-electron chi connectivity index (χ1n) is 5.44. The number of benzene rings is 1. The molecule has 2 N–H and O–H groups in total. The van der Waals surface area contributed by atoms with Gasteiger partial charge in [0.25, 0.3) is 0 Å². The van der Waals surface area contributed by atoms with Crippen molar-refractivity contribution in [2.75, 3.05) is 0 Å². The van der Waals surface area contributed by atoms with Crippen LogP contribution in [0.15, 0.2) is 35.5 Å². The third-order valence-electron chi connectivity index (χ3n) is 2.56. The van der Waals surface area contributed by atoms with Crippen molar-refractivity contribution in [3.8, 4) is 0 Å². The normalized spacial score (nSPS) is 13.4. The molecule has 2 aromatic rings. The zero-order chi connectivity index (χ0) is 13.2. The van der Waals surface area contributed by atoms with Crippen LogP contribution in [0.1, 0.15) is 24.4 Å². The van der Waals surface area contributed by atoms with E-state index in [2.05, 4.69) is 19.9 Å². The van der Waals surface area contributed by atoms with Crippen LogP contribution in [0.25, 0.3) is 0 Å². The Hall–Kier alpha value is -1.73. The standard InChI is InChI=1S/C11H14N4O2S/c1-8-5-3-4-6-10(8)18(16,17)15-9(2)11-12-7-13-14-11/h3-7,9,15H,1-2H3,(H,12,13,14). The molecule has 0 saturated carbocycles. The Morgan fingerprint density at radius 2 is 2.06 bits per heavy atom. The molecule has 18 heavy (non-hydrogen) atoms. The van der Waals surface area contributed by atoms with Gasteiger partial charge < -0.3 is 0 Å². The maximum Gasteiger partial charge on any atom is 0.241 e. The van der Waals surface area contributed by atoms with Crippen LogP contribution in [0, 0.1) is 6.92 Å². The van der Waals surface area contributed by atoms with Crippen LogP contribution in [0.3, 0.4) is 0 Å². The highest BCUT2D eigenvalue weighted by molar-refractivity contribution is 7.89. The van der Waals surface area contributed by atoms with Crippen LogP contribution < -0.4 is 4.72 Å². The fourth-order valence-corrected chi connectivity index (χ4v) is 3.09. The predicted octanol–water partition coefficient (Wildman–Crippen LogP) is 1.15. The van der Waals surface area contributed by atoms with Crippen molar-refractivity contribution in [1.29, 1.82) is 0 Å². The van der Waals surface area contributed by atoms with Crippen molar-refractivity contribution in [2.24, 2.45) is 0 Å². The SMILES string of the molecule is Cc1ccccc1S(=O)(=O)NC(C)c1ncn[nH]1. The smallest absolute Gasteiger partial charge is 0.241 e.